The Bertz CT molecular complexity index is 750. The SMILES string of the molecule is Cc1cc(Br)c(NC(=O)CSc2ccc([N+](=O)[O-])cn2)cc1C. The molecule has 0 aliphatic heterocycles. The van der Waals surface area contributed by atoms with Crippen molar-refractivity contribution in [2.45, 2.75) is 18.9 Å². The number of halogens is 1. The van der Waals surface area contributed by atoms with Crippen LogP contribution in [0, 0.1) is 24.0 Å². The number of hydrogen-bond donors (Lipinski definition) is 1. The number of nitro groups is 1. The van der Waals surface area contributed by atoms with Gasteiger partial charge in [-0.3, -0.25) is 14.9 Å². The van der Waals surface area contributed by atoms with E-state index in [1.54, 1.807) is 0 Å². The molecule has 0 spiro atoms. The first-order valence-corrected chi connectivity index (χ1v) is 8.44. The molecule has 0 saturated heterocycles. The number of carbonyl (C=O) groups excluding carboxylic acids is 1. The molecule has 0 bridgehead atoms. The number of anilines is 1. The molecule has 1 N–H and O–H groups in total. The van der Waals surface area contributed by atoms with Crippen LogP contribution in [0.25, 0.3) is 0 Å². The Balaban J connectivity index is 1.95. The molecule has 1 aromatic carbocycles. The average Bonchev–Trinajstić information content (AvgIpc) is 2.51. The Hall–Kier alpha value is -1.93. The van der Waals surface area contributed by atoms with Gasteiger partial charge in [0, 0.05) is 10.5 Å². The number of pyridine rings is 1. The van der Waals surface area contributed by atoms with E-state index in [2.05, 4.69) is 26.2 Å². The summed E-state index contributed by atoms with van der Waals surface area (Å²) in [5, 5.41) is 14.0. The van der Waals surface area contributed by atoms with E-state index in [4.69, 9.17) is 0 Å². The van der Waals surface area contributed by atoms with Gasteiger partial charge in [0.15, 0.2) is 0 Å². The topological polar surface area (TPSA) is 85.1 Å². The van der Waals surface area contributed by atoms with Gasteiger partial charge >= 0.3 is 0 Å². The molecule has 120 valence electrons. The van der Waals surface area contributed by atoms with Crippen molar-refractivity contribution in [3.63, 3.8) is 0 Å². The van der Waals surface area contributed by atoms with Crippen LogP contribution in [0.2, 0.25) is 0 Å². The summed E-state index contributed by atoms with van der Waals surface area (Å²) in [4.78, 5) is 26.0. The number of nitrogens with zero attached hydrogens (tertiary/aromatic N) is 2. The predicted octanol–water partition coefficient (Wildman–Crippen LogP) is 4.10. The number of aryl methyl sites for hydroxylation is 2. The fraction of sp³-hybridized carbons (Fsp3) is 0.200. The molecule has 1 aromatic heterocycles. The minimum absolute atomic E-state index is 0.0714. The quantitative estimate of drug-likeness (QED) is 0.467. The number of aromatic nitrogens is 1. The summed E-state index contributed by atoms with van der Waals surface area (Å²) in [6.45, 7) is 3.98. The highest BCUT2D eigenvalue weighted by atomic mass is 79.9. The first kappa shape index (κ1) is 17.4. The van der Waals surface area contributed by atoms with Crippen molar-refractivity contribution < 1.29 is 9.72 Å². The van der Waals surface area contributed by atoms with Gasteiger partial charge in [-0.1, -0.05) is 11.8 Å². The van der Waals surface area contributed by atoms with Crippen LogP contribution in [0.4, 0.5) is 11.4 Å². The Morgan fingerprint density at radius 2 is 2.04 bits per heavy atom. The molecular weight excluding hydrogens is 382 g/mol. The monoisotopic (exact) mass is 395 g/mol. The summed E-state index contributed by atoms with van der Waals surface area (Å²) in [5.41, 5.74) is 2.88. The number of benzene rings is 1. The van der Waals surface area contributed by atoms with E-state index in [1.807, 2.05) is 26.0 Å². The van der Waals surface area contributed by atoms with E-state index in [-0.39, 0.29) is 17.3 Å². The van der Waals surface area contributed by atoms with E-state index in [9.17, 15) is 14.9 Å². The third-order valence-corrected chi connectivity index (χ3v) is 4.74. The van der Waals surface area contributed by atoms with Gasteiger partial charge in [0.25, 0.3) is 5.69 Å². The Morgan fingerprint density at radius 3 is 2.65 bits per heavy atom. The molecule has 6 nitrogen and oxygen atoms in total. The van der Waals surface area contributed by atoms with Gasteiger partial charge < -0.3 is 5.32 Å². The number of rotatable bonds is 5. The summed E-state index contributed by atoms with van der Waals surface area (Å²) >= 11 is 4.65. The minimum atomic E-state index is -0.509. The smallest absolute Gasteiger partial charge is 0.287 e. The van der Waals surface area contributed by atoms with E-state index in [1.165, 1.54) is 30.1 Å². The van der Waals surface area contributed by atoms with Crippen LogP contribution in [-0.2, 0) is 4.79 Å². The zero-order valence-corrected chi connectivity index (χ0v) is 14.9. The van der Waals surface area contributed by atoms with Crippen molar-refractivity contribution in [1.82, 2.24) is 4.98 Å². The largest absolute Gasteiger partial charge is 0.324 e. The van der Waals surface area contributed by atoms with Crippen LogP contribution >= 0.6 is 27.7 Å². The van der Waals surface area contributed by atoms with Gasteiger partial charge in [0.1, 0.15) is 6.20 Å². The molecule has 0 atom stereocenters. The van der Waals surface area contributed by atoms with E-state index in [0.29, 0.717) is 5.03 Å². The van der Waals surface area contributed by atoms with Crippen LogP contribution in [0.3, 0.4) is 0 Å². The average molecular weight is 396 g/mol. The lowest BCUT2D eigenvalue weighted by atomic mass is 10.1. The van der Waals surface area contributed by atoms with Gasteiger partial charge in [-0.05, 0) is 59.1 Å². The van der Waals surface area contributed by atoms with E-state index in [0.717, 1.165) is 21.3 Å². The molecule has 23 heavy (non-hydrogen) atoms. The fourth-order valence-corrected chi connectivity index (χ4v) is 2.97. The van der Waals surface area contributed by atoms with Crippen molar-refractivity contribution in [3.05, 3.63) is 56.2 Å². The highest BCUT2D eigenvalue weighted by molar-refractivity contribution is 9.10. The first-order valence-electron chi connectivity index (χ1n) is 6.66. The molecule has 0 fully saturated rings. The molecule has 1 heterocycles. The second-order valence-electron chi connectivity index (χ2n) is 4.86. The fourth-order valence-electron chi connectivity index (χ4n) is 1.77. The number of thioether (sulfide) groups is 1. The summed E-state index contributed by atoms with van der Waals surface area (Å²) < 4.78 is 0.826. The van der Waals surface area contributed by atoms with Crippen molar-refractivity contribution in [1.29, 1.82) is 0 Å². The highest BCUT2D eigenvalue weighted by Crippen LogP contribution is 2.26. The van der Waals surface area contributed by atoms with Crippen LogP contribution in [-0.4, -0.2) is 21.6 Å². The van der Waals surface area contributed by atoms with Crippen molar-refractivity contribution in [2.24, 2.45) is 0 Å². The lowest BCUT2D eigenvalue weighted by Gasteiger charge is -2.10. The number of amides is 1. The van der Waals surface area contributed by atoms with Gasteiger partial charge in [-0.2, -0.15) is 0 Å². The molecular formula is C15H14BrN3O3S. The number of nitrogens with one attached hydrogen (secondary N) is 1. The Morgan fingerprint density at radius 1 is 1.35 bits per heavy atom. The van der Waals surface area contributed by atoms with Gasteiger partial charge in [-0.25, -0.2) is 4.98 Å². The highest BCUT2D eigenvalue weighted by Gasteiger charge is 2.10. The first-order chi connectivity index (χ1) is 10.9. The zero-order chi connectivity index (χ0) is 17.0. The van der Waals surface area contributed by atoms with Crippen LogP contribution in [0.5, 0.6) is 0 Å². The minimum Gasteiger partial charge on any atom is -0.324 e. The molecule has 2 aromatic rings. The zero-order valence-electron chi connectivity index (χ0n) is 12.5. The normalized spacial score (nSPS) is 10.4. The molecule has 1 amide bonds. The second-order valence-corrected chi connectivity index (χ2v) is 6.71. The maximum atomic E-state index is 12.0. The lowest BCUT2D eigenvalue weighted by molar-refractivity contribution is -0.385. The lowest BCUT2D eigenvalue weighted by Crippen LogP contribution is -2.14. The molecule has 0 radical (unpaired) electrons. The van der Waals surface area contributed by atoms with Crippen molar-refractivity contribution in [3.8, 4) is 0 Å². The maximum Gasteiger partial charge on any atom is 0.287 e. The molecule has 0 aliphatic rings. The number of hydrogen-bond acceptors (Lipinski definition) is 5. The van der Waals surface area contributed by atoms with Crippen molar-refractivity contribution >= 4 is 45.0 Å². The van der Waals surface area contributed by atoms with E-state index < -0.39 is 4.92 Å². The predicted molar refractivity (Wildman–Crippen MR) is 93.9 cm³/mol. The summed E-state index contributed by atoms with van der Waals surface area (Å²) in [6, 6.07) is 6.76. The van der Waals surface area contributed by atoms with Crippen LogP contribution < -0.4 is 5.32 Å². The molecule has 8 heteroatoms. The molecule has 0 aliphatic carbocycles. The third kappa shape index (κ3) is 4.77. The molecule has 2 rings (SSSR count). The summed E-state index contributed by atoms with van der Waals surface area (Å²) in [6.07, 6.45) is 1.18. The Kier molecular flexibility index (Phi) is 5.73. The van der Waals surface area contributed by atoms with Crippen LogP contribution in [0.1, 0.15) is 11.1 Å². The third-order valence-electron chi connectivity index (χ3n) is 3.14. The molecule has 0 saturated carbocycles. The second kappa shape index (κ2) is 7.56. The van der Waals surface area contributed by atoms with Crippen LogP contribution in [0.15, 0.2) is 40.0 Å². The maximum absolute atomic E-state index is 12.0. The molecule has 0 unspecified atom stereocenters. The van der Waals surface area contributed by atoms with E-state index >= 15 is 0 Å². The summed E-state index contributed by atoms with van der Waals surface area (Å²) in [7, 11) is 0. The van der Waals surface area contributed by atoms with Gasteiger partial charge in [0.05, 0.1) is 21.4 Å². The Labute approximate surface area is 146 Å². The van der Waals surface area contributed by atoms with Gasteiger partial charge in [0.2, 0.25) is 5.91 Å². The number of carbonyl (C=O) groups is 1. The van der Waals surface area contributed by atoms with Gasteiger partial charge in [-0.15, -0.1) is 0 Å². The van der Waals surface area contributed by atoms with Crippen molar-refractivity contribution in [2.75, 3.05) is 11.1 Å². The standard InChI is InChI=1S/C15H14BrN3O3S/c1-9-5-12(16)13(6-10(9)2)18-14(20)8-23-15-4-3-11(7-17-15)19(21)22/h3-7H,8H2,1-2H3,(H,18,20). The summed E-state index contributed by atoms with van der Waals surface area (Å²) in [5.74, 6) is 0.00331.